The van der Waals surface area contributed by atoms with Crippen LogP contribution in [0.5, 0.6) is 0 Å². The van der Waals surface area contributed by atoms with Crippen LogP contribution in [0.2, 0.25) is 0 Å². The third-order valence-corrected chi connectivity index (χ3v) is 2.53. The molecule has 0 aliphatic heterocycles. The zero-order chi connectivity index (χ0) is 10.1. The highest BCUT2D eigenvalue weighted by atomic mass is 16.4. The van der Waals surface area contributed by atoms with Crippen LogP contribution in [0.15, 0.2) is 11.6 Å². The molecule has 0 aromatic heterocycles. The van der Waals surface area contributed by atoms with E-state index in [1.54, 1.807) is 0 Å². The van der Waals surface area contributed by atoms with Gasteiger partial charge >= 0.3 is 11.9 Å². The Kier molecular flexibility index (Phi) is 2.40. The predicted molar refractivity (Wildman–Crippen MR) is 45.3 cm³/mol. The molecule has 0 saturated heterocycles. The molecular weight excluding hydrogens is 172 g/mol. The maximum atomic E-state index is 10.9. The first-order chi connectivity index (χ1) is 5.98. The summed E-state index contributed by atoms with van der Waals surface area (Å²) in [7, 11) is 0. The van der Waals surface area contributed by atoms with Gasteiger partial charge < -0.3 is 10.2 Å². The van der Waals surface area contributed by atoms with E-state index in [0.717, 1.165) is 6.42 Å². The lowest BCUT2D eigenvalue weighted by atomic mass is 9.74. The van der Waals surface area contributed by atoms with Crippen molar-refractivity contribution in [3.8, 4) is 0 Å². The summed E-state index contributed by atoms with van der Waals surface area (Å²) < 4.78 is 0. The maximum absolute atomic E-state index is 10.9. The summed E-state index contributed by atoms with van der Waals surface area (Å²) in [5.74, 6) is -2.18. The summed E-state index contributed by atoms with van der Waals surface area (Å²) >= 11 is 0. The molecule has 0 bridgehead atoms. The second kappa shape index (κ2) is 3.20. The van der Waals surface area contributed by atoms with E-state index in [1.807, 2.05) is 0 Å². The van der Waals surface area contributed by atoms with Gasteiger partial charge in [-0.3, -0.25) is 4.79 Å². The lowest BCUT2D eigenvalue weighted by Crippen LogP contribution is -2.35. The first kappa shape index (κ1) is 9.77. The standard InChI is InChI=1S/C9H12O4/c1-9(8(12)13)5-3-2-4-6(9)7(10)11/h4H,2-3,5H2,1H3,(H,10,11)(H,12,13). The summed E-state index contributed by atoms with van der Waals surface area (Å²) in [6.45, 7) is 1.47. The van der Waals surface area contributed by atoms with E-state index in [-0.39, 0.29) is 5.57 Å². The quantitative estimate of drug-likeness (QED) is 0.677. The average molecular weight is 184 g/mol. The fourth-order valence-corrected chi connectivity index (χ4v) is 1.61. The molecule has 1 atom stereocenters. The Morgan fingerprint density at radius 2 is 2.08 bits per heavy atom. The summed E-state index contributed by atoms with van der Waals surface area (Å²) in [5, 5.41) is 17.7. The molecule has 0 aromatic rings. The average Bonchev–Trinajstić information content (AvgIpc) is 2.04. The highest BCUT2D eigenvalue weighted by Crippen LogP contribution is 2.37. The van der Waals surface area contributed by atoms with Crippen molar-refractivity contribution in [2.75, 3.05) is 0 Å². The molecule has 2 N–H and O–H groups in total. The molecule has 0 amide bonds. The van der Waals surface area contributed by atoms with Crippen LogP contribution < -0.4 is 0 Å². The van der Waals surface area contributed by atoms with Gasteiger partial charge in [0.15, 0.2) is 0 Å². The molecule has 4 heteroatoms. The fourth-order valence-electron chi connectivity index (χ4n) is 1.61. The monoisotopic (exact) mass is 184 g/mol. The molecule has 0 radical (unpaired) electrons. The Bertz CT molecular complexity index is 279. The molecule has 0 fully saturated rings. The number of allylic oxidation sites excluding steroid dienone is 1. The topological polar surface area (TPSA) is 74.6 Å². The van der Waals surface area contributed by atoms with Crippen molar-refractivity contribution >= 4 is 11.9 Å². The summed E-state index contributed by atoms with van der Waals surface area (Å²) in [4.78, 5) is 21.6. The van der Waals surface area contributed by atoms with Crippen LogP contribution >= 0.6 is 0 Å². The summed E-state index contributed by atoms with van der Waals surface area (Å²) in [5.41, 5.74) is -1.18. The number of carboxylic acid groups (broad SMARTS) is 2. The van der Waals surface area contributed by atoms with E-state index in [4.69, 9.17) is 10.2 Å². The second-order valence-electron chi connectivity index (χ2n) is 3.45. The summed E-state index contributed by atoms with van der Waals surface area (Å²) in [6, 6.07) is 0. The van der Waals surface area contributed by atoms with Gasteiger partial charge in [0.1, 0.15) is 0 Å². The number of rotatable bonds is 2. The SMILES string of the molecule is CC1(C(=O)O)CCCC=C1C(=O)O. The van der Waals surface area contributed by atoms with Gasteiger partial charge in [0.2, 0.25) is 0 Å². The van der Waals surface area contributed by atoms with E-state index >= 15 is 0 Å². The molecule has 72 valence electrons. The Hall–Kier alpha value is -1.32. The first-order valence-corrected chi connectivity index (χ1v) is 4.16. The zero-order valence-corrected chi connectivity index (χ0v) is 7.41. The number of hydrogen-bond donors (Lipinski definition) is 2. The van der Waals surface area contributed by atoms with E-state index in [1.165, 1.54) is 13.0 Å². The van der Waals surface area contributed by atoms with Crippen LogP contribution in [0.3, 0.4) is 0 Å². The van der Waals surface area contributed by atoms with Crippen molar-refractivity contribution in [3.63, 3.8) is 0 Å². The minimum absolute atomic E-state index is 0.0197. The maximum Gasteiger partial charge on any atom is 0.332 e. The van der Waals surface area contributed by atoms with Gasteiger partial charge in [0.05, 0.1) is 11.0 Å². The zero-order valence-electron chi connectivity index (χ0n) is 7.41. The summed E-state index contributed by atoms with van der Waals surface area (Å²) in [6.07, 6.45) is 3.31. The molecule has 0 heterocycles. The van der Waals surface area contributed by atoms with Crippen molar-refractivity contribution in [3.05, 3.63) is 11.6 Å². The lowest BCUT2D eigenvalue weighted by Gasteiger charge is -2.28. The normalized spacial score (nSPS) is 27.9. The minimum atomic E-state index is -1.20. The molecule has 4 nitrogen and oxygen atoms in total. The number of aliphatic carboxylic acids is 2. The van der Waals surface area contributed by atoms with Gasteiger partial charge in [-0.25, -0.2) is 4.79 Å². The third kappa shape index (κ3) is 1.56. The van der Waals surface area contributed by atoms with Crippen LogP contribution in [-0.2, 0) is 9.59 Å². The number of carboxylic acids is 2. The van der Waals surface area contributed by atoms with Crippen molar-refractivity contribution in [1.82, 2.24) is 0 Å². The largest absolute Gasteiger partial charge is 0.481 e. The van der Waals surface area contributed by atoms with Crippen LogP contribution in [0.25, 0.3) is 0 Å². The van der Waals surface area contributed by atoms with Crippen molar-refractivity contribution in [2.24, 2.45) is 5.41 Å². The van der Waals surface area contributed by atoms with Gasteiger partial charge in [-0.2, -0.15) is 0 Å². The molecule has 0 aromatic carbocycles. The minimum Gasteiger partial charge on any atom is -0.481 e. The van der Waals surface area contributed by atoms with E-state index in [0.29, 0.717) is 12.8 Å². The smallest absolute Gasteiger partial charge is 0.332 e. The Morgan fingerprint density at radius 1 is 1.46 bits per heavy atom. The van der Waals surface area contributed by atoms with Gasteiger partial charge in [-0.15, -0.1) is 0 Å². The Morgan fingerprint density at radius 3 is 2.46 bits per heavy atom. The van der Waals surface area contributed by atoms with E-state index < -0.39 is 17.4 Å². The Balaban J connectivity index is 3.08. The first-order valence-electron chi connectivity index (χ1n) is 4.16. The van der Waals surface area contributed by atoms with Crippen LogP contribution in [0, 0.1) is 5.41 Å². The molecule has 0 saturated carbocycles. The molecule has 1 unspecified atom stereocenters. The lowest BCUT2D eigenvalue weighted by molar-refractivity contribution is -0.149. The van der Waals surface area contributed by atoms with Crippen LogP contribution in [-0.4, -0.2) is 22.2 Å². The van der Waals surface area contributed by atoms with Gasteiger partial charge in [-0.05, 0) is 26.2 Å². The fraction of sp³-hybridized carbons (Fsp3) is 0.556. The molecule has 1 rings (SSSR count). The second-order valence-corrected chi connectivity index (χ2v) is 3.45. The molecular formula is C9H12O4. The predicted octanol–water partition coefficient (Wildman–Crippen LogP) is 1.27. The van der Waals surface area contributed by atoms with Crippen molar-refractivity contribution in [2.45, 2.75) is 26.2 Å². The van der Waals surface area contributed by atoms with Crippen LogP contribution in [0.4, 0.5) is 0 Å². The number of carbonyl (C=O) groups is 2. The van der Waals surface area contributed by atoms with E-state index in [9.17, 15) is 9.59 Å². The number of hydrogen-bond acceptors (Lipinski definition) is 2. The third-order valence-electron chi connectivity index (χ3n) is 2.53. The van der Waals surface area contributed by atoms with Gasteiger partial charge in [-0.1, -0.05) is 6.08 Å². The van der Waals surface area contributed by atoms with Crippen molar-refractivity contribution in [1.29, 1.82) is 0 Å². The molecule has 0 spiro atoms. The van der Waals surface area contributed by atoms with Crippen molar-refractivity contribution < 1.29 is 19.8 Å². The van der Waals surface area contributed by atoms with Gasteiger partial charge in [0, 0.05) is 0 Å². The molecule has 13 heavy (non-hydrogen) atoms. The van der Waals surface area contributed by atoms with E-state index in [2.05, 4.69) is 0 Å². The highest BCUT2D eigenvalue weighted by molar-refractivity contribution is 5.96. The molecule has 1 aliphatic carbocycles. The van der Waals surface area contributed by atoms with Gasteiger partial charge in [0.25, 0.3) is 0 Å². The Labute approximate surface area is 75.9 Å². The van der Waals surface area contributed by atoms with Crippen LogP contribution in [0.1, 0.15) is 26.2 Å². The molecule has 1 aliphatic rings. The highest BCUT2D eigenvalue weighted by Gasteiger charge is 2.41.